The average Bonchev–Trinajstić information content (AvgIpc) is 2.64. The highest BCUT2D eigenvalue weighted by atomic mass is 32.2. The van der Waals surface area contributed by atoms with E-state index in [-0.39, 0.29) is 11.8 Å². The van der Waals surface area contributed by atoms with Gasteiger partial charge >= 0.3 is 0 Å². The van der Waals surface area contributed by atoms with Crippen molar-refractivity contribution in [2.75, 3.05) is 21.2 Å². The van der Waals surface area contributed by atoms with Gasteiger partial charge in [-0.2, -0.15) is 0 Å². The van der Waals surface area contributed by atoms with Crippen molar-refractivity contribution >= 4 is 23.6 Å². The molecule has 5 nitrogen and oxygen atoms in total. The number of thioether (sulfide) groups is 1. The van der Waals surface area contributed by atoms with Gasteiger partial charge in [-0.05, 0) is 18.2 Å². The lowest BCUT2D eigenvalue weighted by Crippen LogP contribution is -2.26. The molecule has 19 heavy (non-hydrogen) atoms. The number of nitrogens with one attached hydrogen (secondary N) is 1. The van der Waals surface area contributed by atoms with Crippen molar-refractivity contribution in [1.82, 2.24) is 10.2 Å². The van der Waals surface area contributed by atoms with E-state index in [0.29, 0.717) is 16.4 Å². The summed E-state index contributed by atoms with van der Waals surface area (Å²) in [4.78, 5) is 26.4. The maximum atomic E-state index is 11.8. The van der Waals surface area contributed by atoms with Gasteiger partial charge in [-0.25, -0.2) is 0 Å². The van der Waals surface area contributed by atoms with Crippen molar-refractivity contribution < 1.29 is 14.3 Å². The number of benzene rings is 1. The molecule has 0 saturated carbocycles. The van der Waals surface area contributed by atoms with Crippen LogP contribution in [0, 0.1) is 0 Å². The molecular formula is C13H14N2O3S. The molecule has 0 aromatic heterocycles. The van der Waals surface area contributed by atoms with Crippen LogP contribution in [0.25, 0.3) is 0 Å². The van der Waals surface area contributed by atoms with Gasteiger partial charge in [0.15, 0.2) is 0 Å². The van der Waals surface area contributed by atoms with E-state index in [1.807, 2.05) is 24.3 Å². The first kappa shape index (κ1) is 13.5. The Hall–Kier alpha value is -1.95. The Morgan fingerprint density at radius 1 is 1.21 bits per heavy atom. The van der Waals surface area contributed by atoms with Crippen molar-refractivity contribution in [3.05, 3.63) is 34.9 Å². The van der Waals surface area contributed by atoms with E-state index in [9.17, 15) is 9.59 Å². The number of nitrogens with zero attached hydrogens (tertiary/aromatic N) is 1. The van der Waals surface area contributed by atoms with Crippen molar-refractivity contribution in [2.24, 2.45) is 0 Å². The fraction of sp³-hybridized carbons (Fsp3) is 0.231. The number of rotatable bonds is 4. The summed E-state index contributed by atoms with van der Waals surface area (Å²) < 4.78 is 5.13. The summed E-state index contributed by atoms with van der Waals surface area (Å²) in [7, 11) is 5.05. The molecule has 1 aromatic rings. The van der Waals surface area contributed by atoms with E-state index in [1.165, 1.54) is 11.8 Å². The zero-order valence-electron chi connectivity index (χ0n) is 10.9. The number of likely N-dealkylation sites (N-methyl/N-ethyl adjacent to an activating group) is 1. The second-order valence-corrected chi connectivity index (χ2v) is 5.22. The molecule has 0 spiro atoms. The summed E-state index contributed by atoms with van der Waals surface area (Å²) >= 11 is 1.25. The molecule has 2 rings (SSSR count). The summed E-state index contributed by atoms with van der Waals surface area (Å²) in [5.41, 5.74) is 0.387. The van der Waals surface area contributed by atoms with Crippen molar-refractivity contribution in [1.29, 1.82) is 0 Å². The second-order valence-electron chi connectivity index (χ2n) is 4.14. The highest BCUT2D eigenvalue weighted by molar-refractivity contribution is 8.04. The quantitative estimate of drug-likeness (QED) is 0.839. The Kier molecular flexibility index (Phi) is 3.80. The van der Waals surface area contributed by atoms with Crippen LogP contribution >= 0.6 is 11.8 Å². The number of hydrogen-bond acceptors (Lipinski definition) is 5. The minimum absolute atomic E-state index is 0.360. The molecule has 0 saturated heterocycles. The van der Waals surface area contributed by atoms with Crippen LogP contribution in [0.4, 0.5) is 0 Å². The first-order valence-corrected chi connectivity index (χ1v) is 6.43. The van der Waals surface area contributed by atoms with Crippen LogP contribution in [-0.2, 0) is 9.59 Å². The smallest absolute Gasteiger partial charge is 0.275 e. The molecule has 0 fully saturated rings. The lowest BCUT2D eigenvalue weighted by atomic mass is 10.3. The van der Waals surface area contributed by atoms with E-state index in [1.54, 1.807) is 26.1 Å². The Labute approximate surface area is 115 Å². The van der Waals surface area contributed by atoms with E-state index < -0.39 is 0 Å². The fourth-order valence-electron chi connectivity index (χ4n) is 1.71. The third kappa shape index (κ3) is 2.73. The maximum Gasteiger partial charge on any atom is 0.275 e. The minimum Gasteiger partial charge on any atom is -0.497 e. The van der Waals surface area contributed by atoms with Gasteiger partial charge in [-0.3, -0.25) is 14.9 Å². The summed E-state index contributed by atoms with van der Waals surface area (Å²) in [6.07, 6.45) is 0. The molecule has 0 radical (unpaired) electrons. The molecule has 0 unspecified atom stereocenters. The molecule has 0 aliphatic carbocycles. The minimum atomic E-state index is -0.361. The number of imide groups is 1. The normalized spacial score (nSPS) is 14.7. The van der Waals surface area contributed by atoms with Gasteiger partial charge in [0.05, 0.1) is 7.11 Å². The lowest BCUT2D eigenvalue weighted by molar-refractivity contribution is -0.124. The molecule has 0 atom stereocenters. The Morgan fingerprint density at radius 3 is 2.58 bits per heavy atom. The molecule has 1 aliphatic rings. The maximum absolute atomic E-state index is 11.8. The molecule has 2 amide bonds. The molecule has 1 aromatic carbocycles. The summed E-state index contributed by atoms with van der Waals surface area (Å²) in [6.45, 7) is 0. The molecule has 100 valence electrons. The predicted octanol–water partition coefficient (Wildman–Crippen LogP) is 1.22. The third-order valence-electron chi connectivity index (χ3n) is 2.57. The number of amides is 2. The van der Waals surface area contributed by atoms with Crippen molar-refractivity contribution in [2.45, 2.75) is 4.90 Å². The lowest BCUT2D eigenvalue weighted by Gasteiger charge is -2.12. The van der Waals surface area contributed by atoms with Crippen LogP contribution in [0.3, 0.4) is 0 Å². The number of carbonyl (C=O) groups is 2. The van der Waals surface area contributed by atoms with Crippen LogP contribution in [0.15, 0.2) is 39.8 Å². The first-order chi connectivity index (χ1) is 9.02. The van der Waals surface area contributed by atoms with Crippen LogP contribution in [0.2, 0.25) is 0 Å². The van der Waals surface area contributed by atoms with E-state index in [0.717, 1.165) is 4.90 Å². The fourth-order valence-corrected chi connectivity index (χ4v) is 2.79. The van der Waals surface area contributed by atoms with Crippen molar-refractivity contribution in [3.63, 3.8) is 0 Å². The highest BCUT2D eigenvalue weighted by Crippen LogP contribution is 2.34. The van der Waals surface area contributed by atoms with Crippen LogP contribution in [0.5, 0.6) is 5.75 Å². The molecule has 1 heterocycles. The largest absolute Gasteiger partial charge is 0.497 e. The third-order valence-corrected chi connectivity index (χ3v) is 3.64. The van der Waals surface area contributed by atoms with Gasteiger partial charge in [0.1, 0.15) is 16.4 Å². The van der Waals surface area contributed by atoms with Crippen molar-refractivity contribution in [3.8, 4) is 5.75 Å². The molecule has 6 heteroatoms. The topological polar surface area (TPSA) is 58.6 Å². The monoisotopic (exact) mass is 278 g/mol. The number of methoxy groups -OCH3 is 1. The van der Waals surface area contributed by atoms with Gasteiger partial charge in [0.2, 0.25) is 0 Å². The summed E-state index contributed by atoms with van der Waals surface area (Å²) in [5.74, 6) is -0.0105. The SMILES string of the molecule is COc1cccc(SC2=C(N(C)C)C(=O)NC2=O)c1. The zero-order chi connectivity index (χ0) is 14.0. The zero-order valence-corrected chi connectivity index (χ0v) is 11.7. The molecule has 1 aliphatic heterocycles. The summed E-state index contributed by atoms with van der Waals surface area (Å²) in [5, 5.41) is 2.30. The van der Waals surface area contributed by atoms with Gasteiger partial charge < -0.3 is 9.64 Å². The van der Waals surface area contributed by atoms with Gasteiger partial charge in [0, 0.05) is 19.0 Å². The standard InChI is InChI=1S/C13H14N2O3S/c1-15(2)10-11(13(17)14-12(10)16)19-9-6-4-5-8(7-9)18-3/h4-7H,1-3H3,(H,14,16,17). The second kappa shape index (κ2) is 5.36. The molecular weight excluding hydrogens is 264 g/mol. The molecule has 0 bridgehead atoms. The van der Waals surface area contributed by atoms with E-state index in [4.69, 9.17) is 4.74 Å². The Bertz CT molecular complexity index is 567. The molecule has 1 N–H and O–H groups in total. The van der Waals surface area contributed by atoms with E-state index in [2.05, 4.69) is 5.32 Å². The van der Waals surface area contributed by atoms with Gasteiger partial charge in [0.25, 0.3) is 11.8 Å². The number of ether oxygens (including phenoxy) is 1. The average molecular weight is 278 g/mol. The Balaban J connectivity index is 2.34. The number of carbonyl (C=O) groups excluding carboxylic acids is 2. The highest BCUT2D eigenvalue weighted by Gasteiger charge is 2.32. The van der Waals surface area contributed by atoms with E-state index >= 15 is 0 Å². The van der Waals surface area contributed by atoms with Crippen LogP contribution in [-0.4, -0.2) is 37.9 Å². The Morgan fingerprint density at radius 2 is 1.95 bits per heavy atom. The first-order valence-electron chi connectivity index (χ1n) is 5.62. The predicted molar refractivity (Wildman–Crippen MR) is 72.7 cm³/mol. The van der Waals surface area contributed by atoms with Crippen LogP contribution < -0.4 is 10.1 Å². The van der Waals surface area contributed by atoms with Crippen LogP contribution in [0.1, 0.15) is 0 Å². The van der Waals surface area contributed by atoms with Gasteiger partial charge in [-0.1, -0.05) is 17.8 Å². The van der Waals surface area contributed by atoms with Gasteiger partial charge in [-0.15, -0.1) is 0 Å². The summed E-state index contributed by atoms with van der Waals surface area (Å²) in [6, 6.07) is 7.35. The number of hydrogen-bond donors (Lipinski definition) is 1.